The van der Waals surface area contributed by atoms with E-state index in [0.29, 0.717) is 17.3 Å². The van der Waals surface area contributed by atoms with E-state index < -0.39 is 11.7 Å². The van der Waals surface area contributed by atoms with E-state index in [9.17, 15) is 4.79 Å². The Morgan fingerprint density at radius 1 is 1.27 bits per heavy atom. The summed E-state index contributed by atoms with van der Waals surface area (Å²) < 4.78 is 5.40. The number of alkyl carbamates (subject to hydrolysis) is 1. The second-order valence-electron chi connectivity index (χ2n) is 7.04. The number of carbonyl (C=O) groups is 1. The summed E-state index contributed by atoms with van der Waals surface area (Å²) in [5.41, 5.74) is 2.06. The molecule has 2 N–H and O–H groups in total. The molecule has 0 aliphatic heterocycles. The number of rotatable bonds is 4. The van der Waals surface area contributed by atoms with Crippen LogP contribution in [0.2, 0.25) is 5.02 Å². The molecule has 0 saturated carbocycles. The molecule has 7 heteroatoms. The maximum atomic E-state index is 12.3. The molecule has 3 rings (SSSR count). The summed E-state index contributed by atoms with van der Waals surface area (Å²) in [6.45, 7) is 5.48. The number of ether oxygens (including phenoxy) is 1. The molecule has 0 spiro atoms. The van der Waals surface area contributed by atoms with Crippen LogP contribution in [0.4, 0.5) is 4.79 Å². The van der Waals surface area contributed by atoms with Crippen LogP contribution in [0, 0.1) is 0 Å². The molecular formula is C19H21ClN4O2. The molecule has 0 unspecified atom stereocenters. The number of hydrogen-bond acceptors (Lipinski definition) is 4. The van der Waals surface area contributed by atoms with Gasteiger partial charge < -0.3 is 15.0 Å². The summed E-state index contributed by atoms with van der Waals surface area (Å²) in [4.78, 5) is 24.2. The van der Waals surface area contributed by atoms with E-state index >= 15 is 0 Å². The van der Waals surface area contributed by atoms with Gasteiger partial charge in [0.05, 0.1) is 17.1 Å². The predicted molar refractivity (Wildman–Crippen MR) is 101 cm³/mol. The zero-order chi connectivity index (χ0) is 18.7. The molecular weight excluding hydrogens is 352 g/mol. The summed E-state index contributed by atoms with van der Waals surface area (Å²) >= 11 is 6.05. The topological polar surface area (TPSA) is 79.9 Å². The van der Waals surface area contributed by atoms with E-state index in [1.165, 1.54) is 0 Å². The number of imidazole rings is 1. The van der Waals surface area contributed by atoms with Gasteiger partial charge in [-0.15, -0.1) is 0 Å². The van der Waals surface area contributed by atoms with Crippen molar-refractivity contribution in [3.63, 3.8) is 0 Å². The highest BCUT2D eigenvalue weighted by Crippen LogP contribution is 2.22. The highest BCUT2D eigenvalue weighted by molar-refractivity contribution is 6.31. The van der Waals surface area contributed by atoms with Crippen LogP contribution in [0.15, 0.2) is 42.7 Å². The van der Waals surface area contributed by atoms with Gasteiger partial charge in [-0.1, -0.05) is 11.6 Å². The van der Waals surface area contributed by atoms with E-state index in [-0.39, 0.29) is 6.04 Å². The maximum absolute atomic E-state index is 12.3. The minimum atomic E-state index is -0.577. The van der Waals surface area contributed by atoms with Crippen molar-refractivity contribution in [1.29, 1.82) is 0 Å². The zero-order valence-corrected chi connectivity index (χ0v) is 15.7. The van der Waals surface area contributed by atoms with Gasteiger partial charge in [-0.3, -0.25) is 4.98 Å². The van der Waals surface area contributed by atoms with Gasteiger partial charge in [0.1, 0.15) is 11.4 Å². The van der Waals surface area contributed by atoms with E-state index in [1.54, 1.807) is 18.5 Å². The lowest BCUT2D eigenvalue weighted by molar-refractivity contribution is 0.0501. The van der Waals surface area contributed by atoms with E-state index in [1.807, 2.05) is 45.0 Å². The Labute approximate surface area is 157 Å². The normalized spacial score (nSPS) is 12.8. The van der Waals surface area contributed by atoms with Crippen LogP contribution < -0.4 is 5.32 Å². The monoisotopic (exact) mass is 372 g/mol. The fraction of sp³-hybridized carbons (Fsp3) is 0.316. The van der Waals surface area contributed by atoms with Crippen molar-refractivity contribution in [1.82, 2.24) is 20.3 Å². The lowest BCUT2D eigenvalue weighted by Crippen LogP contribution is -2.36. The van der Waals surface area contributed by atoms with Crippen molar-refractivity contribution < 1.29 is 9.53 Å². The van der Waals surface area contributed by atoms with Crippen LogP contribution in [-0.4, -0.2) is 26.6 Å². The summed E-state index contributed by atoms with van der Waals surface area (Å²) in [5, 5.41) is 3.53. The molecule has 6 nitrogen and oxygen atoms in total. The number of aromatic amines is 1. The number of halogens is 1. The summed E-state index contributed by atoms with van der Waals surface area (Å²) in [5.74, 6) is 0.643. The fourth-order valence-electron chi connectivity index (χ4n) is 2.59. The van der Waals surface area contributed by atoms with Crippen molar-refractivity contribution >= 4 is 28.7 Å². The molecule has 136 valence electrons. The van der Waals surface area contributed by atoms with Gasteiger partial charge in [0, 0.05) is 23.8 Å². The molecule has 1 amide bonds. The second-order valence-corrected chi connectivity index (χ2v) is 7.48. The van der Waals surface area contributed by atoms with Gasteiger partial charge >= 0.3 is 6.09 Å². The van der Waals surface area contributed by atoms with Gasteiger partial charge in [0.25, 0.3) is 0 Å². The van der Waals surface area contributed by atoms with Crippen molar-refractivity contribution in [2.24, 2.45) is 0 Å². The van der Waals surface area contributed by atoms with Gasteiger partial charge in [0.2, 0.25) is 0 Å². The Morgan fingerprint density at radius 2 is 2.00 bits per heavy atom. The Morgan fingerprint density at radius 3 is 2.69 bits per heavy atom. The minimum Gasteiger partial charge on any atom is -0.444 e. The van der Waals surface area contributed by atoms with Gasteiger partial charge in [0.15, 0.2) is 0 Å². The van der Waals surface area contributed by atoms with Crippen LogP contribution in [-0.2, 0) is 11.2 Å². The molecule has 3 aromatic rings. The van der Waals surface area contributed by atoms with Crippen LogP contribution in [0.3, 0.4) is 0 Å². The molecule has 26 heavy (non-hydrogen) atoms. The molecule has 0 fully saturated rings. The number of aromatic nitrogens is 3. The smallest absolute Gasteiger partial charge is 0.408 e. The third kappa shape index (κ3) is 4.73. The van der Waals surface area contributed by atoms with Gasteiger partial charge in [-0.2, -0.15) is 0 Å². The minimum absolute atomic E-state index is 0.376. The first-order chi connectivity index (χ1) is 12.3. The number of fused-ring (bicyclic) bond motifs is 1. The average Bonchev–Trinajstić information content (AvgIpc) is 2.96. The Hall–Kier alpha value is -2.60. The predicted octanol–water partition coefficient (Wildman–Crippen LogP) is 4.42. The zero-order valence-electron chi connectivity index (χ0n) is 14.9. The van der Waals surface area contributed by atoms with Crippen molar-refractivity contribution in [2.45, 2.75) is 38.8 Å². The molecule has 0 aliphatic rings. The first-order valence-corrected chi connectivity index (χ1v) is 8.71. The molecule has 1 atom stereocenters. The lowest BCUT2D eigenvalue weighted by atomic mass is 10.1. The number of hydrogen-bond donors (Lipinski definition) is 2. The third-order valence-corrected chi connectivity index (χ3v) is 3.91. The molecule has 0 bridgehead atoms. The Kier molecular flexibility index (Phi) is 5.13. The quantitative estimate of drug-likeness (QED) is 0.710. The molecule has 1 aromatic carbocycles. The van der Waals surface area contributed by atoms with Crippen LogP contribution in [0.1, 0.15) is 38.2 Å². The fourth-order valence-corrected chi connectivity index (χ4v) is 2.76. The number of nitrogens with one attached hydrogen (secondary N) is 2. The van der Waals surface area contributed by atoms with Gasteiger partial charge in [-0.05, 0) is 56.7 Å². The molecule has 0 aliphatic carbocycles. The molecule has 2 aromatic heterocycles. The highest BCUT2D eigenvalue weighted by Gasteiger charge is 2.23. The van der Waals surface area contributed by atoms with E-state index in [0.717, 1.165) is 16.6 Å². The number of nitrogens with zero attached hydrogens (tertiary/aromatic N) is 2. The van der Waals surface area contributed by atoms with E-state index in [2.05, 4.69) is 20.3 Å². The molecule has 2 heterocycles. The number of pyridine rings is 1. The second kappa shape index (κ2) is 7.33. The Bertz CT molecular complexity index is 903. The largest absolute Gasteiger partial charge is 0.444 e. The molecule has 0 radical (unpaired) electrons. The number of benzene rings is 1. The highest BCUT2D eigenvalue weighted by atomic mass is 35.5. The number of amides is 1. The summed E-state index contributed by atoms with van der Waals surface area (Å²) in [6, 6.07) is 8.87. The maximum Gasteiger partial charge on any atom is 0.408 e. The first kappa shape index (κ1) is 18.2. The number of H-pyrrole nitrogens is 1. The SMILES string of the molecule is CC(C)(C)OC(=O)N[C@@H](Cc1ccncc1)c1nc2ccc(Cl)cc2[nH]1. The van der Waals surface area contributed by atoms with Crippen LogP contribution in [0.5, 0.6) is 0 Å². The van der Waals surface area contributed by atoms with Gasteiger partial charge in [-0.25, -0.2) is 9.78 Å². The number of carbonyl (C=O) groups excluding carboxylic acids is 1. The van der Waals surface area contributed by atoms with Crippen molar-refractivity contribution in [2.75, 3.05) is 0 Å². The van der Waals surface area contributed by atoms with Crippen LogP contribution in [0.25, 0.3) is 11.0 Å². The molecule has 0 saturated heterocycles. The first-order valence-electron chi connectivity index (χ1n) is 8.34. The van der Waals surface area contributed by atoms with Crippen molar-refractivity contribution in [3.05, 3.63) is 59.1 Å². The average molecular weight is 373 g/mol. The lowest BCUT2D eigenvalue weighted by Gasteiger charge is -2.23. The van der Waals surface area contributed by atoms with Crippen molar-refractivity contribution in [3.8, 4) is 0 Å². The van der Waals surface area contributed by atoms with E-state index in [4.69, 9.17) is 16.3 Å². The summed E-state index contributed by atoms with van der Waals surface area (Å²) in [7, 11) is 0. The Balaban J connectivity index is 1.89. The van der Waals surface area contributed by atoms with Crippen LogP contribution >= 0.6 is 11.6 Å². The third-order valence-electron chi connectivity index (χ3n) is 3.67. The summed E-state index contributed by atoms with van der Waals surface area (Å²) in [6.07, 6.45) is 3.50. The standard InChI is InChI=1S/C19H21ClN4O2/c1-19(2,3)26-18(25)24-16(10-12-6-8-21-9-7-12)17-22-14-5-4-13(20)11-15(14)23-17/h4-9,11,16H,10H2,1-3H3,(H,22,23)(H,24,25)/t16-/m0/s1.